The van der Waals surface area contributed by atoms with Crippen LogP contribution in [0.3, 0.4) is 0 Å². The van der Waals surface area contributed by atoms with Crippen molar-refractivity contribution in [1.82, 2.24) is 20.4 Å². The summed E-state index contributed by atoms with van der Waals surface area (Å²) in [5.41, 5.74) is 4.56. The summed E-state index contributed by atoms with van der Waals surface area (Å²) in [6.07, 6.45) is 2.53. The predicted octanol–water partition coefficient (Wildman–Crippen LogP) is 5.49. The molecule has 33 heavy (non-hydrogen) atoms. The maximum Gasteiger partial charge on any atom is 0.241 e. The topological polar surface area (TPSA) is 71.3 Å². The van der Waals surface area contributed by atoms with Gasteiger partial charge in [-0.05, 0) is 81.6 Å². The molecule has 3 aromatic rings. The number of rotatable bonds is 7. The van der Waals surface area contributed by atoms with E-state index in [2.05, 4.69) is 59.3 Å². The highest BCUT2D eigenvalue weighted by Gasteiger charge is 2.27. The molecule has 1 aliphatic rings. The summed E-state index contributed by atoms with van der Waals surface area (Å²) in [7, 11) is 0. The Balaban J connectivity index is 1.29. The fourth-order valence-electron chi connectivity index (χ4n) is 4.49. The van der Waals surface area contributed by atoms with E-state index in [1.807, 2.05) is 24.3 Å². The molecule has 1 amide bonds. The van der Waals surface area contributed by atoms with Crippen LogP contribution >= 0.6 is 11.6 Å². The van der Waals surface area contributed by atoms with Crippen molar-refractivity contribution in [3.05, 3.63) is 70.1 Å². The van der Waals surface area contributed by atoms with Crippen molar-refractivity contribution in [3.8, 4) is 11.4 Å². The van der Waals surface area contributed by atoms with E-state index in [0.717, 1.165) is 37.9 Å². The van der Waals surface area contributed by atoms with E-state index in [4.69, 9.17) is 16.1 Å². The Labute approximate surface area is 200 Å². The number of carbonyl (C=O) groups excluding carboxylic acids is 1. The molecule has 174 valence electrons. The number of likely N-dealkylation sites (tertiary alicyclic amines) is 1. The molecule has 7 heteroatoms. The van der Waals surface area contributed by atoms with E-state index in [0.29, 0.717) is 23.3 Å². The number of hydrogen-bond acceptors (Lipinski definition) is 5. The number of amides is 1. The minimum absolute atomic E-state index is 0.0355. The van der Waals surface area contributed by atoms with Gasteiger partial charge in [0.05, 0.1) is 12.6 Å². The smallest absolute Gasteiger partial charge is 0.241 e. The second-order valence-corrected chi connectivity index (χ2v) is 9.33. The van der Waals surface area contributed by atoms with Gasteiger partial charge in [0.1, 0.15) is 0 Å². The normalized spacial score (nSPS) is 16.0. The molecule has 2 aromatic carbocycles. The van der Waals surface area contributed by atoms with Gasteiger partial charge in [0, 0.05) is 16.5 Å². The van der Waals surface area contributed by atoms with Gasteiger partial charge >= 0.3 is 0 Å². The molecular formula is C26H31ClN4O2. The fourth-order valence-corrected chi connectivity index (χ4v) is 4.61. The zero-order valence-corrected chi connectivity index (χ0v) is 20.2. The molecule has 1 N–H and O–H groups in total. The first-order valence-electron chi connectivity index (χ1n) is 11.6. The van der Waals surface area contributed by atoms with E-state index >= 15 is 0 Å². The number of halogens is 1. The van der Waals surface area contributed by atoms with Gasteiger partial charge < -0.3 is 9.84 Å². The van der Waals surface area contributed by atoms with E-state index in [9.17, 15) is 4.79 Å². The van der Waals surface area contributed by atoms with Gasteiger partial charge in [0.15, 0.2) is 0 Å². The molecule has 1 saturated heterocycles. The third kappa shape index (κ3) is 5.81. The second kappa shape index (κ2) is 10.5. The summed E-state index contributed by atoms with van der Waals surface area (Å²) in [5, 5.41) is 8.06. The van der Waals surface area contributed by atoms with Crippen molar-refractivity contribution in [2.24, 2.45) is 5.92 Å². The molecule has 1 aromatic heterocycles. The standard InChI is InChI=1S/C26H31ClN4O2/c1-4-23(22-10-5-17(2)15-18(22)3)28-26(32)20-11-13-31(14-12-20)16-24-29-25(30-33-24)19-6-8-21(27)9-7-19/h5-10,15,20,23H,4,11-14,16H2,1-3H3,(H,28,32). The molecule has 2 heterocycles. The Morgan fingerprint density at radius 1 is 1.18 bits per heavy atom. The number of piperidine rings is 1. The van der Waals surface area contributed by atoms with Gasteiger partial charge in [-0.2, -0.15) is 4.98 Å². The molecule has 4 rings (SSSR count). The average molecular weight is 467 g/mol. The lowest BCUT2D eigenvalue weighted by Crippen LogP contribution is -2.41. The van der Waals surface area contributed by atoms with Gasteiger partial charge in [0.2, 0.25) is 17.6 Å². The van der Waals surface area contributed by atoms with Crippen molar-refractivity contribution >= 4 is 17.5 Å². The number of nitrogens with zero attached hydrogens (tertiary/aromatic N) is 3. The van der Waals surface area contributed by atoms with Crippen LogP contribution in [0.15, 0.2) is 47.0 Å². The first-order chi connectivity index (χ1) is 15.9. The van der Waals surface area contributed by atoms with Gasteiger partial charge in [-0.3, -0.25) is 9.69 Å². The van der Waals surface area contributed by atoms with Crippen LogP contribution in [0.2, 0.25) is 5.02 Å². The Morgan fingerprint density at radius 3 is 2.58 bits per heavy atom. The van der Waals surface area contributed by atoms with Crippen LogP contribution in [0.25, 0.3) is 11.4 Å². The number of aromatic nitrogens is 2. The summed E-state index contributed by atoms with van der Waals surface area (Å²) in [4.78, 5) is 19.8. The third-order valence-electron chi connectivity index (χ3n) is 6.41. The highest BCUT2D eigenvalue weighted by atomic mass is 35.5. The highest BCUT2D eigenvalue weighted by molar-refractivity contribution is 6.30. The number of nitrogens with one attached hydrogen (secondary N) is 1. The number of hydrogen-bond donors (Lipinski definition) is 1. The SMILES string of the molecule is CCC(NC(=O)C1CCN(Cc2nc(-c3ccc(Cl)cc3)no2)CC1)c1ccc(C)cc1C. The van der Waals surface area contributed by atoms with Gasteiger partial charge in [-0.15, -0.1) is 0 Å². The first kappa shape index (κ1) is 23.5. The summed E-state index contributed by atoms with van der Waals surface area (Å²) in [6.45, 7) is 8.58. The average Bonchev–Trinajstić information content (AvgIpc) is 3.27. The molecule has 0 aliphatic carbocycles. The lowest BCUT2D eigenvalue weighted by atomic mass is 9.93. The zero-order valence-electron chi connectivity index (χ0n) is 19.5. The van der Waals surface area contributed by atoms with Crippen LogP contribution in [0, 0.1) is 19.8 Å². The van der Waals surface area contributed by atoms with Crippen molar-refractivity contribution in [2.45, 2.75) is 52.6 Å². The number of benzene rings is 2. The molecule has 0 radical (unpaired) electrons. The van der Waals surface area contributed by atoms with Gasteiger partial charge in [-0.1, -0.05) is 47.4 Å². The number of aryl methyl sites for hydroxylation is 2. The first-order valence-corrected chi connectivity index (χ1v) is 12.0. The molecule has 1 fully saturated rings. The van der Waals surface area contributed by atoms with Crippen LogP contribution in [-0.2, 0) is 11.3 Å². The van der Waals surface area contributed by atoms with Crippen molar-refractivity contribution in [2.75, 3.05) is 13.1 Å². The maximum absolute atomic E-state index is 13.0. The lowest BCUT2D eigenvalue weighted by molar-refractivity contribution is -0.127. The summed E-state index contributed by atoms with van der Waals surface area (Å²) in [6, 6.07) is 13.9. The van der Waals surface area contributed by atoms with Gasteiger partial charge in [0.25, 0.3) is 0 Å². The molecule has 0 spiro atoms. The maximum atomic E-state index is 13.0. The van der Waals surface area contributed by atoms with Gasteiger partial charge in [-0.25, -0.2) is 0 Å². The summed E-state index contributed by atoms with van der Waals surface area (Å²) >= 11 is 5.95. The minimum atomic E-state index is 0.0355. The Morgan fingerprint density at radius 2 is 1.91 bits per heavy atom. The molecular weight excluding hydrogens is 436 g/mol. The summed E-state index contributed by atoms with van der Waals surface area (Å²) in [5.74, 6) is 1.34. The Kier molecular flexibility index (Phi) is 7.46. The van der Waals surface area contributed by atoms with E-state index in [1.54, 1.807) is 0 Å². The van der Waals surface area contributed by atoms with Crippen molar-refractivity contribution in [1.29, 1.82) is 0 Å². The van der Waals surface area contributed by atoms with Crippen LogP contribution in [-0.4, -0.2) is 34.0 Å². The van der Waals surface area contributed by atoms with Crippen LogP contribution in [0.4, 0.5) is 0 Å². The Hall–Kier alpha value is -2.70. The van der Waals surface area contributed by atoms with Crippen molar-refractivity contribution < 1.29 is 9.32 Å². The second-order valence-electron chi connectivity index (χ2n) is 8.90. The predicted molar refractivity (Wildman–Crippen MR) is 130 cm³/mol. The largest absolute Gasteiger partial charge is 0.349 e. The molecule has 1 atom stereocenters. The third-order valence-corrected chi connectivity index (χ3v) is 6.67. The fraction of sp³-hybridized carbons (Fsp3) is 0.423. The quantitative estimate of drug-likeness (QED) is 0.498. The molecule has 0 saturated carbocycles. The molecule has 0 bridgehead atoms. The van der Waals surface area contributed by atoms with E-state index < -0.39 is 0 Å². The molecule has 6 nitrogen and oxygen atoms in total. The minimum Gasteiger partial charge on any atom is -0.349 e. The Bertz CT molecular complexity index is 1090. The van der Waals surface area contributed by atoms with E-state index in [-0.39, 0.29) is 17.9 Å². The summed E-state index contributed by atoms with van der Waals surface area (Å²) < 4.78 is 5.45. The van der Waals surface area contributed by atoms with E-state index in [1.165, 1.54) is 16.7 Å². The molecule has 1 unspecified atom stereocenters. The van der Waals surface area contributed by atoms with Crippen molar-refractivity contribution in [3.63, 3.8) is 0 Å². The highest BCUT2D eigenvalue weighted by Crippen LogP contribution is 2.25. The lowest BCUT2D eigenvalue weighted by Gasteiger charge is -2.31. The number of carbonyl (C=O) groups is 1. The van der Waals surface area contributed by atoms with Crippen LogP contribution < -0.4 is 5.32 Å². The molecule has 1 aliphatic heterocycles. The van der Waals surface area contributed by atoms with Crippen LogP contribution in [0.1, 0.15) is 54.8 Å². The monoisotopic (exact) mass is 466 g/mol. The zero-order chi connectivity index (χ0) is 23.4. The van der Waals surface area contributed by atoms with Crippen LogP contribution in [0.5, 0.6) is 0 Å².